The Morgan fingerprint density at radius 3 is 2.71 bits per heavy atom. The average Bonchev–Trinajstić information content (AvgIpc) is 2.94. The van der Waals surface area contributed by atoms with Gasteiger partial charge in [-0.3, -0.25) is 9.59 Å². The number of rotatable bonds is 2. The van der Waals surface area contributed by atoms with Crippen molar-refractivity contribution in [2.24, 2.45) is 5.41 Å². The third-order valence-electron chi connectivity index (χ3n) is 3.66. The van der Waals surface area contributed by atoms with Crippen LogP contribution in [0.25, 0.3) is 0 Å². The number of piperidine rings is 1. The van der Waals surface area contributed by atoms with Gasteiger partial charge in [-0.05, 0) is 19.3 Å². The topological polar surface area (TPSA) is 62.3 Å². The second-order valence-corrected chi connectivity index (χ2v) is 7.46. The van der Waals surface area contributed by atoms with Crippen molar-refractivity contribution >= 4 is 23.2 Å². The maximum atomic E-state index is 12.6. The highest BCUT2D eigenvalue weighted by atomic mass is 32.1. The number of carbonyl (C=O) groups is 2. The van der Waals surface area contributed by atoms with Crippen LogP contribution in [0.4, 0.5) is 0 Å². The molecule has 116 valence electrons. The summed E-state index contributed by atoms with van der Waals surface area (Å²) in [5, 5.41) is 3.47. The summed E-state index contributed by atoms with van der Waals surface area (Å²) in [4.78, 5) is 31.2. The highest BCUT2D eigenvalue weighted by Gasteiger charge is 2.35. The van der Waals surface area contributed by atoms with Gasteiger partial charge in [-0.1, -0.05) is 20.8 Å². The monoisotopic (exact) mass is 309 g/mol. The maximum absolute atomic E-state index is 12.6. The molecule has 1 saturated heterocycles. The number of aromatic nitrogens is 1. The molecule has 1 atom stereocenters. The first-order valence-corrected chi connectivity index (χ1v) is 8.15. The van der Waals surface area contributed by atoms with Gasteiger partial charge in [-0.15, -0.1) is 11.3 Å². The Bertz CT molecular complexity index is 533. The fourth-order valence-electron chi connectivity index (χ4n) is 2.53. The molecule has 0 bridgehead atoms. The van der Waals surface area contributed by atoms with E-state index >= 15 is 0 Å². The summed E-state index contributed by atoms with van der Waals surface area (Å²) in [7, 11) is 1.61. The van der Waals surface area contributed by atoms with Gasteiger partial charge in [0.15, 0.2) is 0 Å². The predicted octanol–water partition coefficient (Wildman–Crippen LogP) is 2.60. The lowest BCUT2D eigenvalue weighted by molar-refractivity contribution is -0.143. The normalized spacial score (nSPS) is 19.4. The Labute approximate surface area is 129 Å². The number of thiazole rings is 1. The number of amides is 2. The second-order valence-electron chi connectivity index (χ2n) is 6.40. The van der Waals surface area contributed by atoms with E-state index in [1.54, 1.807) is 13.2 Å². The highest BCUT2D eigenvalue weighted by molar-refractivity contribution is 7.13. The van der Waals surface area contributed by atoms with Crippen molar-refractivity contribution in [2.45, 2.75) is 46.1 Å². The summed E-state index contributed by atoms with van der Waals surface area (Å²) in [6.45, 7) is 6.60. The molecule has 1 unspecified atom stereocenters. The lowest BCUT2D eigenvalue weighted by Gasteiger charge is -2.38. The lowest BCUT2D eigenvalue weighted by Crippen LogP contribution is -2.44. The Balaban J connectivity index is 2.25. The van der Waals surface area contributed by atoms with Crippen LogP contribution in [0.15, 0.2) is 6.20 Å². The fourth-order valence-corrected chi connectivity index (χ4v) is 3.54. The molecule has 1 aromatic heterocycles. The molecule has 5 nitrogen and oxygen atoms in total. The van der Waals surface area contributed by atoms with Crippen molar-refractivity contribution in [3.8, 4) is 0 Å². The fraction of sp³-hybridized carbons (Fsp3) is 0.667. The molecular weight excluding hydrogens is 286 g/mol. The zero-order valence-electron chi connectivity index (χ0n) is 13.1. The second kappa shape index (κ2) is 6.13. The van der Waals surface area contributed by atoms with Gasteiger partial charge in [-0.25, -0.2) is 4.98 Å². The molecule has 1 N–H and O–H groups in total. The molecule has 0 radical (unpaired) electrons. The highest BCUT2D eigenvalue weighted by Crippen LogP contribution is 2.36. The summed E-state index contributed by atoms with van der Waals surface area (Å²) in [5.74, 6) is 0.0344. The first-order chi connectivity index (χ1) is 9.84. The molecule has 6 heteroatoms. The number of hydrogen-bond acceptors (Lipinski definition) is 4. The van der Waals surface area contributed by atoms with E-state index in [9.17, 15) is 9.59 Å². The van der Waals surface area contributed by atoms with Crippen LogP contribution in [0.1, 0.15) is 60.8 Å². The van der Waals surface area contributed by atoms with Crippen molar-refractivity contribution < 1.29 is 9.59 Å². The van der Waals surface area contributed by atoms with E-state index in [1.807, 2.05) is 25.7 Å². The molecule has 1 aliphatic rings. The first-order valence-electron chi connectivity index (χ1n) is 7.33. The first kappa shape index (κ1) is 15.9. The van der Waals surface area contributed by atoms with Crippen LogP contribution in [0.2, 0.25) is 0 Å². The largest absolute Gasteiger partial charge is 0.354 e. The summed E-state index contributed by atoms with van der Waals surface area (Å²) in [5.41, 5.74) is -0.392. The third kappa shape index (κ3) is 3.43. The Morgan fingerprint density at radius 1 is 1.38 bits per heavy atom. The molecule has 21 heavy (non-hydrogen) atoms. The zero-order chi connectivity index (χ0) is 15.6. The van der Waals surface area contributed by atoms with Crippen LogP contribution in [0, 0.1) is 5.41 Å². The number of likely N-dealkylation sites (tertiary alicyclic amines) is 1. The molecule has 2 rings (SSSR count). The van der Waals surface area contributed by atoms with Gasteiger partial charge in [0, 0.05) is 19.0 Å². The average molecular weight is 309 g/mol. The molecule has 1 aliphatic heterocycles. The van der Waals surface area contributed by atoms with Crippen LogP contribution in [0.5, 0.6) is 0 Å². The minimum atomic E-state index is -0.392. The SMILES string of the molecule is CNC(=O)c1cnc(C2CCCCN2C(=O)C(C)(C)C)s1. The Hall–Kier alpha value is -1.43. The number of hydrogen-bond donors (Lipinski definition) is 1. The van der Waals surface area contributed by atoms with E-state index in [0.29, 0.717) is 4.88 Å². The van der Waals surface area contributed by atoms with Gasteiger partial charge in [0.1, 0.15) is 9.88 Å². The van der Waals surface area contributed by atoms with E-state index < -0.39 is 5.41 Å². The molecule has 1 fully saturated rings. The van der Waals surface area contributed by atoms with Crippen LogP contribution in [0.3, 0.4) is 0 Å². The number of nitrogens with zero attached hydrogens (tertiary/aromatic N) is 2. The van der Waals surface area contributed by atoms with E-state index in [1.165, 1.54) is 11.3 Å². The minimum absolute atomic E-state index is 0.00822. The molecule has 0 saturated carbocycles. The van der Waals surface area contributed by atoms with Crippen molar-refractivity contribution in [2.75, 3.05) is 13.6 Å². The number of carbonyl (C=O) groups excluding carboxylic acids is 2. The van der Waals surface area contributed by atoms with Crippen molar-refractivity contribution in [1.29, 1.82) is 0 Å². The summed E-state index contributed by atoms with van der Waals surface area (Å²) >= 11 is 1.39. The Kier molecular flexibility index (Phi) is 4.66. The van der Waals surface area contributed by atoms with Gasteiger partial charge < -0.3 is 10.2 Å². The van der Waals surface area contributed by atoms with Crippen LogP contribution < -0.4 is 5.32 Å². The molecule has 0 aromatic carbocycles. The summed E-state index contributed by atoms with van der Waals surface area (Å²) in [6.07, 6.45) is 4.65. The molecule has 0 spiro atoms. The van der Waals surface area contributed by atoms with Gasteiger partial charge in [-0.2, -0.15) is 0 Å². The maximum Gasteiger partial charge on any atom is 0.262 e. The van der Waals surface area contributed by atoms with E-state index in [2.05, 4.69) is 10.3 Å². The smallest absolute Gasteiger partial charge is 0.262 e. The van der Waals surface area contributed by atoms with E-state index in [-0.39, 0.29) is 17.9 Å². The van der Waals surface area contributed by atoms with Crippen molar-refractivity contribution in [1.82, 2.24) is 15.2 Å². The van der Waals surface area contributed by atoms with E-state index in [0.717, 1.165) is 30.8 Å². The van der Waals surface area contributed by atoms with Gasteiger partial charge in [0.05, 0.1) is 12.2 Å². The van der Waals surface area contributed by atoms with E-state index in [4.69, 9.17) is 0 Å². The summed E-state index contributed by atoms with van der Waals surface area (Å²) in [6, 6.07) is 0.00822. The van der Waals surface area contributed by atoms with Gasteiger partial charge >= 0.3 is 0 Å². The van der Waals surface area contributed by atoms with Crippen LogP contribution >= 0.6 is 11.3 Å². The molecule has 2 amide bonds. The van der Waals surface area contributed by atoms with Crippen LogP contribution in [-0.4, -0.2) is 35.3 Å². The predicted molar refractivity (Wildman–Crippen MR) is 83.3 cm³/mol. The Morgan fingerprint density at radius 2 is 2.10 bits per heavy atom. The molecular formula is C15H23N3O2S. The summed E-state index contributed by atoms with van der Waals surface area (Å²) < 4.78 is 0. The van der Waals surface area contributed by atoms with Gasteiger partial charge in [0.2, 0.25) is 5.91 Å². The van der Waals surface area contributed by atoms with Crippen LogP contribution in [-0.2, 0) is 4.79 Å². The zero-order valence-corrected chi connectivity index (χ0v) is 13.9. The lowest BCUT2D eigenvalue weighted by atomic mass is 9.91. The minimum Gasteiger partial charge on any atom is -0.354 e. The van der Waals surface area contributed by atoms with Gasteiger partial charge in [0.25, 0.3) is 5.91 Å². The quantitative estimate of drug-likeness (QED) is 0.913. The third-order valence-corrected chi connectivity index (χ3v) is 4.76. The standard InChI is InChI=1S/C15H23N3O2S/c1-15(2,3)14(20)18-8-6-5-7-10(18)13-17-9-11(21-13)12(19)16-4/h9-10H,5-8H2,1-4H3,(H,16,19). The molecule has 1 aromatic rings. The van der Waals surface area contributed by atoms with Crippen molar-refractivity contribution in [3.05, 3.63) is 16.1 Å². The molecule has 2 heterocycles. The number of nitrogens with one attached hydrogen (secondary N) is 1. The van der Waals surface area contributed by atoms with Crippen molar-refractivity contribution in [3.63, 3.8) is 0 Å². The molecule has 0 aliphatic carbocycles.